The minimum Gasteiger partial charge on any atom is -0.489 e. The van der Waals surface area contributed by atoms with Gasteiger partial charge < -0.3 is 14.4 Å². The van der Waals surface area contributed by atoms with E-state index in [-0.39, 0.29) is 6.42 Å². The third-order valence-electron chi connectivity index (χ3n) is 7.57. The number of hydrogen-bond donors (Lipinski definition) is 1. The summed E-state index contributed by atoms with van der Waals surface area (Å²) >= 11 is 12.6. The fourth-order valence-electron chi connectivity index (χ4n) is 5.32. The van der Waals surface area contributed by atoms with E-state index in [1.807, 2.05) is 42.5 Å². The molecule has 4 aromatic carbocycles. The fraction of sp³-hybridized carbons (Fsp3) is 0.257. The Morgan fingerprint density at radius 1 is 0.881 bits per heavy atom. The number of carboxylic acid groups (broad SMARTS) is 1. The van der Waals surface area contributed by atoms with E-state index >= 15 is 0 Å². The van der Waals surface area contributed by atoms with E-state index in [0.29, 0.717) is 29.6 Å². The van der Waals surface area contributed by atoms with E-state index < -0.39 is 5.97 Å². The Morgan fingerprint density at radius 3 is 2.48 bits per heavy atom. The zero-order chi connectivity index (χ0) is 29.6. The van der Waals surface area contributed by atoms with E-state index in [1.54, 1.807) is 6.07 Å². The van der Waals surface area contributed by atoms with E-state index in [4.69, 9.17) is 38.0 Å². The third kappa shape index (κ3) is 7.15. The van der Waals surface area contributed by atoms with Crippen molar-refractivity contribution in [3.8, 4) is 5.75 Å². The van der Waals surface area contributed by atoms with Crippen LogP contribution >= 0.6 is 23.2 Å². The first kappa shape index (κ1) is 29.7. The van der Waals surface area contributed by atoms with Crippen LogP contribution in [0.25, 0.3) is 11.0 Å². The van der Waals surface area contributed by atoms with Crippen molar-refractivity contribution in [1.29, 1.82) is 0 Å². The van der Waals surface area contributed by atoms with Gasteiger partial charge >= 0.3 is 5.97 Å². The number of nitrogens with zero attached hydrogens (tertiary/aromatic N) is 2. The van der Waals surface area contributed by atoms with Crippen molar-refractivity contribution < 1.29 is 14.6 Å². The highest BCUT2D eigenvalue weighted by molar-refractivity contribution is 6.35. The molecule has 1 heterocycles. The number of halogens is 2. The van der Waals surface area contributed by atoms with Crippen molar-refractivity contribution >= 4 is 40.2 Å². The Hall–Kier alpha value is -3.80. The zero-order valence-corrected chi connectivity index (χ0v) is 25.4. The number of carbonyl (C=O) groups is 1. The van der Waals surface area contributed by atoms with Crippen LogP contribution in [-0.2, 0) is 43.6 Å². The number of hydrogen-bond acceptors (Lipinski definition) is 3. The lowest BCUT2D eigenvalue weighted by Crippen LogP contribution is -2.09. The van der Waals surface area contributed by atoms with Crippen LogP contribution in [0.3, 0.4) is 0 Å². The van der Waals surface area contributed by atoms with Crippen molar-refractivity contribution in [2.75, 3.05) is 0 Å². The fourth-order valence-corrected chi connectivity index (χ4v) is 5.82. The zero-order valence-electron chi connectivity index (χ0n) is 23.9. The summed E-state index contributed by atoms with van der Waals surface area (Å²) in [7, 11) is 0. The van der Waals surface area contributed by atoms with E-state index in [2.05, 4.69) is 48.7 Å². The molecule has 7 heteroatoms. The minimum absolute atomic E-state index is 0.132. The van der Waals surface area contributed by atoms with Gasteiger partial charge in [0, 0.05) is 28.5 Å². The molecule has 0 atom stereocenters. The molecule has 0 spiro atoms. The number of aromatic nitrogens is 2. The van der Waals surface area contributed by atoms with Gasteiger partial charge in [-0.2, -0.15) is 0 Å². The van der Waals surface area contributed by atoms with Crippen LogP contribution in [0.2, 0.25) is 10.0 Å². The van der Waals surface area contributed by atoms with Crippen molar-refractivity contribution in [2.24, 2.45) is 0 Å². The highest BCUT2D eigenvalue weighted by Crippen LogP contribution is 2.27. The quantitative estimate of drug-likeness (QED) is 0.156. The van der Waals surface area contributed by atoms with Gasteiger partial charge in [0.05, 0.1) is 17.6 Å². The summed E-state index contributed by atoms with van der Waals surface area (Å²) in [6.45, 7) is 5.22. The molecule has 0 aliphatic heterocycles. The van der Waals surface area contributed by atoms with Gasteiger partial charge in [0.2, 0.25) is 0 Å². The molecular formula is C35H34Cl2N2O3. The Kier molecular flexibility index (Phi) is 9.51. The number of fused-ring (bicyclic) bond motifs is 1. The number of benzene rings is 4. The number of ether oxygens (including phenoxy) is 1. The number of carboxylic acids is 1. The number of imidazole rings is 1. The molecule has 0 bridgehead atoms. The van der Waals surface area contributed by atoms with E-state index in [0.717, 1.165) is 69.7 Å². The number of para-hydroxylation sites is 1. The standard InChI is InChI=1S/C35H34Cl2N2O3/c1-3-25-19-24(9-10-26(25)13-17-35(40)41)22-42-33-7-5-4-6-28(33)21-39-32-15-8-23(2)18-31(32)38-34(39)16-12-27-11-14-29(36)20-30(27)37/h4-11,14-15,18-20H,3,12-13,16-17,21-22H2,1-2H3,(H,40,41). The second kappa shape index (κ2) is 13.5. The maximum Gasteiger partial charge on any atom is 0.303 e. The molecule has 0 aliphatic carbocycles. The van der Waals surface area contributed by atoms with Crippen LogP contribution in [0, 0.1) is 6.92 Å². The highest BCUT2D eigenvalue weighted by Gasteiger charge is 2.15. The third-order valence-corrected chi connectivity index (χ3v) is 8.16. The van der Waals surface area contributed by atoms with Crippen LogP contribution in [0.15, 0.2) is 78.9 Å². The van der Waals surface area contributed by atoms with Crippen molar-refractivity contribution in [1.82, 2.24) is 9.55 Å². The topological polar surface area (TPSA) is 64.4 Å². The molecule has 216 valence electrons. The van der Waals surface area contributed by atoms with Gasteiger partial charge in [-0.15, -0.1) is 0 Å². The molecule has 0 saturated heterocycles. The first-order valence-electron chi connectivity index (χ1n) is 14.2. The molecule has 1 N–H and O–H groups in total. The summed E-state index contributed by atoms with van der Waals surface area (Å²) < 4.78 is 8.65. The molecule has 0 amide bonds. The SMILES string of the molecule is CCc1cc(COc2ccccc2Cn2c(CCc3ccc(Cl)cc3Cl)nc3cc(C)ccc32)ccc1CCC(=O)O. The Labute approximate surface area is 256 Å². The second-order valence-electron chi connectivity index (χ2n) is 10.6. The summed E-state index contributed by atoms with van der Waals surface area (Å²) in [5.41, 5.74) is 8.64. The summed E-state index contributed by atoms with van der Waals surface area (Å²) in [5.74, 6) is 1.03. The smallest absolute Gasteiger partial charge is 0.303 e. The number of aryl methyl sites for hydroxylation is 5. The Bertz CT molecular complexity index is 1730. The lowest BCUT2D eigenvalue weighted by atomic mass is 9.98. The second-order valence-corrected chi connectivity index (χ2v) is 11.4. The summed E-state index contributed by atoms with van der Waals surface area (Å²) in [5, 5.41) is 10.4. The number of rotatable bonds is 12. The van der Waals surface area contributed by atoms with Gasteiger partial charge in [-0.05, 0) is 84.3 Å². The average Bonchev–Trinajstić information content (AvgIpc) is 3.31. The molecule has 5 nitrogen and oxygen atoms in total. The van der Waals surface area contributed by atoms with Crippen molar-refractivity contribution in [2.45, 2.75) is 59.1 Å². The molecular weight excluding hydrogens is 567 g/mol. The van der Waals surface area contributed by atoms with Crippen LogP contribution in [0.1, 0.15) is 52.5 Å². The maximum atomic E-state index is 11.0. The first-order chi connectivity index (χ1) is 20.3. The molecule has 0 aliphatic rings. The lowest BCUT2D eigenvalue weighted by Gasteiger charge is -2.16. The Balaban J connectivity index is 1.38. The van der Waals surface area contributed by atoms with Gasteiger partial charge in [0.15, 0.2) is 0 Å². The predicted octanol–water partition coefficient (Wildman–Crippen LogP) is 8.64. The van der Waals surface area contributed by atoms with Crippen LogP contribution < -0.4 is 4.74 Å². The maximum absolute atomic E-state index is 11.0. The molecule has 0 fully saturated rings. The van der Waals surface area contributed by atoms with Crippen LogP contribution in [0.4, 0.5) is 0 Å². The van der Waals surface area contributed by atoms with Gasteiger partial charge in [0.25, 0.3) is 0 Å². The largest absolute Gasteiger partial charge is 0.489 e. The lowest BCUT2D eigenvalue weighted by molar-refractivity contribution is -0.136. The summed E-state index contributed by atoms with van der Waals surface area (Å²) in [4.78, 5) is 16.1. The summed E-state index contributed by atoms with van der Waals surface area (Å²) in [6.07, 6.45) is 2.99. The predicted molar refractivity (Wildman–Crippen MR) is 170 cm³/mol. The molecule has 5 aromatic rings. The average molecular weight is 602 g/mol. The molecule has 0 unspecified atom stereocenters. The first-order valence-corrected chi connectivity index (χ1v) is 15.0. The van der Waals surface area contributed by atoms with Crippen molar-refractivity contribution in [3.05, 3.63) is 128 Å². The van der Waals surface area contributed by atoms with Gasteiger partial charge in [-0.3, -0.25) is 4.79 Å². The molecule has 1 aromatic heterocycles. The minimum atomic E-state index is -0.779. The highest BCUT2D eigenvalue weighted by atomic mass is 35.5. The van der Waals surface area contributed by atoms with Crippen LogP contribution in [-0.4, -0.2) is 20.6 Å². The van der Waals surface area contributed by atoms with Gasteiger partial charge in [-0.1, -0.05) is 78.7 Å². The monoisotopic (exact) mass is 600 g/mol. The molecule has 5 rings (SSSR count). The number of aliphatic carboxylic acids is 1. The van der Waals surface area contributed by atoms with E-state index in [1.165, 1.54) is 5.56 Å². The molecule has 0 saturated carbocycles. The molecule has 0 radical (unpaired) electrons. The van der Waals surface area contributed by atoms with Crippen LogP contribution in [0.5, 0.6) is 5.75 Å². The summed E-state index contributed by atoms with van der Waals surface area (Å²) in [6, 6.07) is 26.3. The Morgan fingerprint density at radius 2 is 1.69 bits per heavy atom. The van der Waals surface area contributed by atoms with Crippen molar-refractivity contribution in [3.63, 3.8) is 0 Å². The molecule has 42 heavy (non-hydrogen) atoms. The van der Waals surface area contributed by atoms with Gasteiger partial charge in [0.1, 0.15) is 18.2 Å². The normalized spacial score (nSPS) is 11.2. The van der Waals surface area contributed by atoms with Gasteiger partial charge in [-0.25, -0.2) is 4.98 Å². The van der Waals surface area contributed by atoms with E-state index in [9.17, 15) is 4.79 Å².